The van der Waals surface area contributed by atoms with Crippen LogP contribution in [0.1, 0.15) is 19.8 Å². The lowest BCUT2D eigenvalue weighted by Gasteiger charge is -2.20. The van der Waals surface area contributed by atoms with Crippen molar-refractivity contribution in [3.63, 3.8) is 0 Å². The fourth-order valence-corrected chi connectivity index (χ4v) is 3.14. The highest BCUT2D eigenvalue weighted by molar-refractivity contribution is 8.00. The van der Waals surface area contributed by atoms with Gasteiger partial charge in [-0.1, -0.05) is 37.2 Å². The molecule has 1 unspecified atom stereocenters. The Hall–Kier alpha value is -0.630. The lowest BCUT2D eigenvalue weighted by Crippen LogP contribution is -2.23. The number of benzene rings is 1. The second-order valence-electron chi connectivity index (χ2n) is 3.44. The highest BCUT2D eigenvalue weighted by Crippen LogP contribution is 2.43. The minimum absolute atomic E-state index is 0.655. The van der Waals surface area contributed by atoms with Crippen molar-refractivity contribution in [2.45, 2.75) is 30.0 Å². The van der Waals surface area contributed by atoms with E-state index in [9.17, 15) is 0 Å². The van der Waals surface area contributed by atoms with E-state index in [0.29, 0.717) is 5.37 Å². The van der Waals surface area contributed by atoms with Gasteiger partial charge in [-0.05, 0) is 18.6 Å². The maximum Gasteiger partial charge on any atom is 0.0794 e. The molecule has 0 fully saturated rings. The number of anilines is 1. The van der Waals surface area contributed by atoms with Crippen LogP contribution in [0.15, 0.2) is 29.2 Å². The molecule has 0 aliphatic carbocycles. The third-order valence-corrected chi connectivity index (χ3v) is 3.90. The van der Waals surface area contributed by atoms with Gasteiger partial charge in [-0.25, -0.2) is 0 Å². The standard InChI is InChI=1S/C11H15NS/c1-3-6-11-12(2)9-7-4-5-8-10(9)13-11/h4-5,7-8,11H,3,6H2,1-2H3. The van der Waals surface area contributed by atoms with Crippen LogP contribution in [0.2, 0.25) is 0 Å². The number of nitrogens with zero attached hydrogens (tertiary/aromatic N) is 1. The molecule has 0 N–H and O–H groups in total. The fraction of sp³-hybridized carbons (Fsp3) is 0.455. The largest absolute Gasteiger partial charge is 0.361 e. The summed E-state index contributed by atoms with van der Waals surface area (Å²) < 4.78 is 0. The van der Waals surface area contributed by atoms with Gasteiger partial charge in [-0.2, -0.15) is 0 Å². The summed E-state index contributed by atoms with van der Waals surface area (Å²) in [6.07, 6.45) is 2.53. The monoisotopic (exact) mass is 193 g/mol. The molecular weight excluding hydrogens is 178 g/mol. The summed E-state index contributed by atoms with van der Waals surface area (Å²) in [5.74, 6) is 0. The number of rotatable bonds is 2. The minimum Gasteiger partial charge on any atom is -0.361 e. The molecule has 0 aromatic heterocycles. The van der Waals surface area contributed by atoms with E-state index >= 15 is 0 Å². The SMILES string of the molecule is CCCC1Sc2ccccc2N1C. The van der Waals surface area contributed by atoms with Crippen LogP contribution in [0.3, 0.4) is 0 Å². The van der Waals surface area contributed by atoms with E-state index in [1.54, 1.807) is 0 Å². The Morgan fingerprint density at radius 1 is 1.38 bits per heavy atom. The second kappa shape index (κ2) is 3.62. The Labute approximate surface area is 84.1 Å². The van der Waals surface area contributed by atoms with Gasteiger partial charge in [-0.3, -0.25) is 0 Å². The molecule has 1 atom stereocenters. The first kappa shape index (κ1) is 8.95. The highest BCUT2D eigenvalue weighted by atomic mass is 32.2. The summed E-state index contributed by atoms with van der Waals surface area (Å²) in [6, 6.07) is 8.66. The predicted octanol–water partition coefficient (Wildman–Crippen LogP) is 3.35. The van der Waals surface area contributed by atoms with Crippen molar-refractivity contribution < 1.29 is 0 Å². The van der Waals surface area contributed by atoms with E-state index < -0.39 is 0 Å². The van der Waals surface area contributed by atoms with Crippen molar-refractivity contribution in [2.75, 3.05) is 11.9 Å². The summed E-state index contributed by atoms with van der Waals surface area (Å²) >= 11 is 1.99. The van der Waals surface area contributed by atoms with Gasteiger partial charge in [-0.15, -0.1) is 0 Å². The van der Waals surface area contributed by atoms with Crippen LogP contribution in [0.4, 0.5) is 5.69 Å². The maximum absolute atomic E-state index is 2.39. The molecule has 0 saturated carbocycles. The van der Waals surface area contributed by atoms with Crippen molar-refractivity contribution in [1.82, 2.24) is 0 Å². The minimum atomic E-state index is 0.655. The lowest BCUT2D eigenvalue weighted by molar-refractivity contribution is 0.732. The summed E-state index contributed by atoms with van der Waals surface area (Å²) in [4.78, 5) is 3.83. The number of hydrogen-bond donors (Lipinski definition) is 0. The summed E-state index contributed by atoms with van der Waals surface area (Å²) in [5, 5.41) is 0.655. The predicted molar refractivity (Wildman–Crippen MR) is 59.4 cm³/mol. The molecule has 0 bridgehead atoms. The normalized spacial score (nSPS) is 20.5. The number of thioether (sulfide) groups is 1. The highest BCUT2D eigenvalue weighted by Gasteiger charge is 2.25. The van der Waals surface area contributed by atoms with Gasteiger partial charge in [0.05, 0.1) is 11.1 Å². The fourth-order valence-electron chi connectivity index (χ4n) is 1.73. The van der Waals surface area contributed by atoms with Gasteiger partial charge in [0.2, 0.25) is 0 Å². The Morgan fingerprint density at radius 2 is 2.15 bits per heavy atom. The van der Waals surface area contributed by atoms with Gasteiger partial charge in [0.25, 0.3) is 0 Å². The Balaban J connectivity index is 2.22. The first-order valence-electron chi connectivity index (χ1n) is 4.81. The molecule has 1 nitrogen and oxygen atoms in total. The molecule has 1 heterocycles. The van der Waals surface area contributed by atoms with Gasteiger partial charge in [0.15, 0.2) is 0 Å². The zero-order chi connectivity index (χ0) is 9.26. The molecule has 2 rings (SSSR count). The average Bonchev–Trinajstić information content (AvgIpc) is 2.46. The van der Waals surface area contributed by atoms with E-state index in [0.717, 1.165) is 0 Å². The molecule has 1 aromatic rings. The van der Waals surface area contributed by atoms with Crippen molar-refractivity contribution >= 4 is 17.4 Å². The molecular formula is C11H15NS. The van der Waals surface area contributed by atoms with Crippen molar-refractivity contribution in [2.24, 2.45) is 0 Å². The van der Waals surface area contributed by atoms with Gasteiger partial charge < -0.3 is 4.90 Å². The Kier molecular flexibility index (Phi) is 2.49. The third-order valence-electron chi connectivity index (χ3n) is 2.48. The summed E-state index contributed by atoms with van der Waals surface area (Å²) in [7, 11) is 2.19. The van der Waals surface area contributed by atoms with Crippen LogP contribution < -0.4 is 4.90 Å². The lowest BCUT2D eigenvalue weighted by atomic mass is 10.2. The Bertz CT molecular complexity index is 298. The Morgan fingerprint density at radius 3 is 2.85 bits per heavy atom. The molecule has 1 aromatic carbocycles. The van der Waals surface area contributed by atoms with Crippen LogP contribution in [0.5, 0.6) is 0 Å². The van der Waals surface area contributed by atoms with Gasteiger partial charge in [0, 0.05) is 11.9 Å². The first-order valence-corrected chi connectivity index (χ1v) is 5.69. The third kappa shape index (κ3) is 1.55. The maximum atomic E-state index is 2.39. The van der Waals surface area contributed by atoms with Gasteiger partial charge >= 0.3 is 0 Å². The first-order chi connectivity index (χ1) is 6.33. The molecule has 2 heteroatoms. The number of para-hydroxylation sites is 1. The van der Waals surface area contributed by atoms with E-state index in [1.807, 2.05) is 11.8 Å². The molecule has 1 aliphatic rings. The number of hydrogen-bond acceptors (Lipinski definition) is 2. The quantitative estimate of drug-likeness (QED) is 0.708. The van der Waals surface area contributed by atoms with Crippen LogP contribution in [-0.2, 0) is 0 Å². The van der Waals surface area contributed by atoms with Crippen LogP contribution >= 0.6 is 11.8 Å². The molecule has 0 amide bonds. The zero-order valence-corrected chi connectivity index (χ0v) is 8.97. The molecule has 0 radical (unpaired) electrons. The van der Waals surface area contributed by atoms with Crippen molar-refractivity contribution in [1.29, 1.82) is 0 Å². The van der Waals surface area contributed by atoms with E-state index in [-0.39, 0.29) is 0 Å². The summed E-state index contributed by atoms with van der Waals surface area (Å²) in [5.41, 5.74) is 1.39. The van der Waals surface area contributed by atoms with Gasteiger partial charge in [0.1, 0.15) is 0 Å². The van der Waals surface area contributed by atoms with Crippen molar-refractivity contribution in [3.8, 4) is 0 Å². The van der Waals surface area contributed by atoms with Crippen LogP contribution in [-0.4, -0.2) is 12.4 Å². The number of fused-ring (bicyclic) bond motifs is 1. The molecule has 0 spiro atoms. The second-order valence-corrected chi connectivity index (χ2v) is 4.66. The van der Waals surface area contributed by atoms with E-state index in [1.165, 1.54) is 23.4 Å². The molecule has 70 valence electrons. The zero-order valence-electron chi connectivity index (χ0n) is 8.16. The topological polar surface area (TPSA) is 3.24 Å². The summed E-state index contributed by atoms with van der Waals surface area (Å²) in [6.45, 7) is 2.25. The van der Waals surface area contributed by atoms with Crippen LogP contribution in [0, 0.1) is 0 Å². The van der Waals surface area contributed by atoms with E-state index in [2.05, 4.69) is 43.1 Å². The molecule has 0 saturated heterocycles. The molecule has 13 heavy (non-hydrogen) atoms. The smallest absolute Gasteiger partial charge is 0.0794 e. The molecule has 1 aliphatic heterocycles. The van der Waals surface area contributed by atoms with Crippen molar-refractivity contribution in [3.05, 3.63) is 24.3 Å². The average molecular weight is 193 g/mol. The van der Waals surface area contributed by atoms with E-state index in [4.69, 9.17) is 0 Å². The van der Waals surface area contributed by atoms with Crippen LogP contribution in [0.25, 0.3) is 0 Å².